The summed E-state index contributed by atoms with van der Waals surface area (Å²) < 4.78 is 0. The summed E-state index contributed by atoms with van der Waals surface area (Å²) in [6.45, 7) is 7.41. The molecule has 2 heteroatoms. The smallest absolute Gasteiger partial charge is 0.157 e. The van der Waals surface area contributed by atoms with Gasteiger partial charge in [0.1, 0.15) is 0 Å². The van der Waals surface area contributed by atoms with Crippen molar-refractivity contribution in [3.63, 3.8) is 0 Å². The largest absolute Gasteiger partial charge is 0.247 e. The number of benzene rings is 7. The molecular weight excluding hydrogens is 618 g/mol. The van der Waals surface area contributed by atoms with Crippen LogP contribution < -0.4 is 10.9 Å². The van der Waals surface area contributed by atoms with E-state index in [0.717, 1.165) is 6.16 Å². The lowest BCUT2D eigenvalue weighted by Gasteiger charge is -2.46. The molecule has 8 rings (SSSR count). The standard InChI is InChI=1S/C48H42BP/c1-36-19-21-43(22-20-36)47-35-50(2,3)49(45-31-27-41(28-32-45)38-15-9-5-10-16-38,46-33-29-42(30-34-46)39-17-11-6-12-18-39)48(47)44-25-23-40(24-26-44)37-13-7-4-8-14-37/h4-34H,35H2,1-3H3. The van der Waals surface area contributed by atoms with E-state index in [-0.39, 0.29) is 0 Å². The summed E-state index contributed by atoms with van der Waals surface area (Å²) in [6, 6.07) is 70.2. The van der Waals surface area contributed by atoms with E-state index >= 15 is 0 Å². The molecule has 0 radical (unpaired) electrons. The van der Waals surface area contributed by atoms with Gasteiger partial charge in [0, 0.05) is 19.5 Å². The van der Waals surface area contributed by atoms with E-state index in [4.69, 9.17) is 0 Å². The highest BCUT2D eigenvalue weighted by atomic mass is 31.2. The van der Waals surface area contributed by atoms with E-state index in [0.29, 0.717) is 0 Å². The zero-order valence-electron chi connectivity index (χ0n) is 29.1. The van der Waals surface area contributed by atoms with Crippen molar-refractivity contribution in [2.45, 2.75) is 6.92 Å². The third kappa shape index (κ3) is 5.67. The molecule has 242 valence electrons. The molecule has 50 heavy (non-hydrogen) atoms. The van der Waals surface area contributed by atoms with Gasteiger partial charge >= 0.3 is 0 Å². The maximum atomic E-state index is 2.61. The molecule has 0 amide bonds. The molecule has 7 aromatic rings. The Labute approximate surface area is 298 Å². The Morgan fingerprint density at radius 1 is 0.360 bits per heavy atom. The SMILES string of the molecule is Cc1ccc(C2=C(c3ccc(-c4ccccc4)cc3)[B-](c3ccc(-c4ccccc4)cc3)(c3ccc(-c4ccccc4)cc3)[P+](C)(C)C2)cc1. The van der Waals surface area contributed by atoms with Crippen molar-refractivity contribution in [3.05, 3.63) is 205 Å². The molecule has 1 aliphatic rings. The highest BCUT2D eigenvalue weighted by Crippen LogP contribution is 2.71. The molecule has 7 aromatic carbocycles. The lowest BCUT2D eigenvalue weighted by atomic mass is 9.32. The van der Waals surface area contributed by atoms with Gasteiger partial charge in [-0.15, -0.1) is 12.6 Å². The van der Waals surface area contributed by atoms with Crippen molar-refractivity contribution in [2.24, 2.45) is 0 Å². The van der Waals surface area contributed by atoms with Crippen LogP contribution in [-0.2, 0) is 0 Å². The fraction of sp³-hybridized carbons (Fsp3) is 0.0833. The predicted octanol–water partition coefficient (Wildman–Crippen LogP) is 11.5. The van der Waals surface area contributed by atoms with Crippen molar-refractivity contribution >= 4 is 35.0 Å². The van der Waals surface area contributed by atoms with Gasteiger partial charge in [-0.05, 0) is 51.4 Å². The van der Waals surface area contributed by atoms with E-state index in [1.54, 1.807) is 0 Å². The van der Waals surface area contributed by atoms with Crippen molar-refractivity contribution in [3.8, 4) is 33.4 Å². The third-order valence-electron chi connectivity index (χ3n) is 11.1. The van der Waals surface area contributed by atoms with Gasteiger partial charge in [-0.1, -0.05) is 199 Å². The van der Waals surface area contributed by atoms with E-state index < -0.39 is 13.0 Å². The second kappa shape index (κ2) is 13.2. The third-order valence-corrected chi connectivity index (χ3v) is 15.1. The number of hydrogen-bond acceptors (Lipinski definition) is 0. The minimum absolute atomic E-state index is 1.09. The Kier molecular flexibility index (Phi) is 8.48. The van der Waals surface area contributed by atoms with Gasteiger partial charge in [-0.2, -0.15) is 10.9 Å². The zero-order valence-corrected chi connectivity index (χ0v) is 30.0. The number of rotatable bonds is 7. The van der Waals surface area contributed by atoms with E-state index in [2.05, 4.69) is 208 Å². The molecule has 0 aliphatic carbocycles. The highest BCUT2D eigenvalue weighted by molar-refractivity contribution is 8.14. The molecule has 0 nitrogen and oxygen atoms in total. The molecule has 0 spiro atoms. The summed E-state index contributed by atoms with van der Waals surface area (Å²) in [5.74, 6) is -1.34. The van der Waals surface area contributed by atoms with Crippen molar-refractivity contribution in [1.29, 1.82) is 0 Å². The minimum atomic E-state index is -1.69. The van der Waals surface area contributed by atoms with Crippen LogP contribution in [0.3, 0.4) is 0 Å². The molecule has 0 aromatic heterocycles. The van der Waals surface area contributed by atoms with Crippen LogP contribution in [0.5, 0.6) is 0 Å². The molecule has 0 saturated heterocycles. The Hall–Kier alpha value is -5.23. The average molecular weight is 661 g/mol. The van der Waals surface area contributed by atoms with Crippen LogP contribution in [0, 0.1) is 6.92 Å². The van der Waals surface area contributed by atoms with E-state index in [1.807, 2.05) is 0 Å². The maximum Gasteiger partial charge on any atom is 0.247 e. The van der Waals surface area contributed by atoms with Gasteiger partial charge in [-0.25, -0.2) is 0 Å². The second-order valence-electron chi connectivity index (χ2n) is 14.4. The maximum absolute atomic E-state index is 2.61. The van der Waals surface area contributed by atoms with Crippen LogP contribution >= 0.6 is 7.14 Å². The molecule has 0 unspecified atom stereocenters. The Balaban J connectivity index is 1.39. The second-order valence-corrected chi connectivity index (χ2v) is 19.1. The molecular formula is C48H42BP. The molecule has 1 heterocycles. The first-order chi connectivity index (χ1) is 24.4. The Bertz CT molecular complexity index is 2170. The molecule has 0 fully saturated rings. The van der Waals surface area contributed by atoms with Crippen LogP contribution in [0.4, 0.5) is 0 Å². The fourth-order valence-electron chi connectivity index (χ4n) is 8.62. The lowest BCUT2D eigenvalue weighted by Crippen LogP contribution is -2.59. The molecule has 0 saturated carbocycles. The van der Waals surface area contributed by atoms with Crippen LogP contribution in [0.15, 0.2) is 188 Å². The summed E-state index contributed by atoms with van der Waals surface area (Å²) in [5, 5.41) is 0. The summed E-state index contributed by atoms with van der Waals surface area (Å²) in [7, 11) is -1.69. The summed E-state index contributed by atoms with van der Waals surface area (Å²) in [4.78, 5) is 0. The normalized spacial score (nSPS) is 14.9. The van der Waals surface area contributed by atoms with Gasteiger partial charge in [-0.3, -0.25) is 0 Å². The average Bonchev–Trinajstić information content (AvgIpc) is 3.43. The quantitative estimate of drug-likeness (QED) is 0.118. The first-order valence-electron chi connectivity index (χ1n) is 17.7. The topological polar surface area (TPSA) is 0 Å². The first kappa shape index (κ1) is 32.0. The Morgan fingerprint density at radius 3 is 1.08 bits per heavy atom. The first-order valence-corrected chi connectivity index (χ1v) is 20.6. The van der Waals surface area contributed by atoms with Gasteiger partial charge < -0.3 is 0 Å². The van der Waals surface area contributed by atoms with E-state index in [9.17, 15) is 0 Å². The summed E-state index contributed by atoms with van der Waals surface area (Å²) in [6.07, 6.45) is 1.09. The van der Waals surface area contributed by atoms with Crippen molar-refractivity contribution < 1.29 is 0 Å². The summed E-state index contributed by atoms with van der Waals surface area (Å²) >= 11 is 0. The number of aryl methyl sites for hydroxylation is 1. The highest BCUT2D eigenvalue weighted by Gasteiger charge is 2.57. The lowest BCUT2D eigenvalue weighted by molar-refractivity contribution is 1.45. The van der Waals surface area contributed by atoms with Crippen LogP contribution in [-0.4, -0.2) is 25.4 Å². The number of allylic oxidation sites excluding steroid dienone is 1. The zero-order chi connectivity index (χ0) is 34.1. The molecule has 0 N–H and O–H groups in total. The van der Waals surface area contributed by atoms with Crippen LogP contribution in [0.1, 0.15) is 16.7 Å². The van der Waals surface area contributed by atoms with Gasteiger partial charge in [0.15, 0.2) is 0 Å². The number of hydrogen-bond donors (Lipinski definition) is 0. The summed E-state index contributed by atoms with van der Waals surface area (Å²) in [5.41, 5.74) is 17.3. The van der Waals surface area contributed by atoms with E-state index in [1.165, 1.54) is 72.0 Å². The minimum Gasteiger partial charge on any atom is -0.157 e. The predicted molar refractivity (Wildman–Crippen MR) is 222 cm³/mol. The van der Waals surface area contributed by atoms with Gasteiger partial charge in [0.05, 0.1) is 0 Å². The van der Waals surface area contributed by atoms with Crippen LogP contribution in [0.2, 0.25) is 0 Å². The molecule has 0 atom stereocenters. The van der Waals surface area contributed by atoms with Crippen LogP contribution in [0.25, 0.3) is 44.4 Å². The van der Waals surface area contributed by atoms with Gasteiger partial charge in [0.2, 0.25) is 5.87 Å². The molecule has 0 bridgehead atoms. The fourth-order valence-corrected chi connectivity index (χ4v) is 13.0. The van der Waals surface area contributed by atoms with Crippen molar-refractivity contribution in [1.82, 2.24) is 0 Å². The van der Waals surface area contributed by atoms with Gasteiger partial charge in [0.25, 0.3) is 0 Å². The molecule has 1 aliphatic heterocycles. The van der Waals surface area contributed by atoms with Crippen molar-refractivity contribution in [2.75, 3.05) is 19.5 Å². The monoisotopic (exact) mass is 660 g/mol. The Morgan fingerprint density at radius 2 is 0.680 bits per heavy atom.